The van der Waals surface area contributed by atoms with Crippen molar-refractivity contribution in [2.75, 3.05) is 13.2 Å². The molecule has 0 atom stereocenters. The summed E-state index contributed by atoms with van der Waals surface area (Å²) in [7, 11) is 0. The standard InChI is InChI=1S/C16H19N2O2.Fe/c1-15(2)9-19-13(17-15)11-6-5-7-12(8-11)14-18-16(3,4)10-20-14;/h5-7H,9-10H2,1-4H3;/q-1;. The molecule has 1 aromatic rings. The van der Waals surface area contributed by atoms with Gasteiger partial charge in [0.25, 0.3) is 0 Å². The Bertz CT molecular complexity index is 557. The molecule has 1 aromatic carbocycles. The summed E-state index contributed by atoms with van der Waals surface area (Å²) in [6, 6.07) is 9.14. The normalized spacial score (nSPS) is 21.7. The summed E-state index contributed by atoms with van der Waals surface area (Å²) in [5, 5.41) is 0. The fourth-order valence-corrected chi connectivity index (χ4v) is 2.16. The van der Waals surface area contributed by atoms with Crippen LogP contribution in [0.5, 0.6) is 0 Å². The van der Waals surface area contributed by atoms with E-state index in [9.17, 15) is 0 Å². The minimum absolute atomic E-state index is 0. The maximum Gasteiger partial charge on any atom is 0.148 e. The van der Waals surface area contributed by atoms with Crippen LogP contribution in [0.3, 0.4) is 0 Å². The van der Waals surface area contributed by atoms with Gasteiger partial charge in [-0.15, -0.1) is 24.3 Å². The van der Waals surface area contributed by atoms with Crippen molar-refractivity contribution in [3.8, 4) is 0 Å². The van der Waals surface area contributed by atoms with E-state index >= 15 is 0 Å². The van der Waals surface area contributed by atoms with Crippen LogP contribution in [0.4, 0.5) is 0 Å². The van der Waals surface area contributed by atoms with Crippen LogP contribution in [0.2, 0.25) is 0 Å². The second-order valence-corrected chi connectivity index (χ2v) is 6.51. The molecule has 0 saturated carbocycles. The summed E-state index contributed by atoms with van der Waals surface area (Å²) in [5.41, 5.74) is 1.37. The zero-order chi connectivity index (χ0) is 14.4. The molecule has 0 amide bonds. The van der Waals surface area contributed by atoms with E-state index in [1.807, 2.05) is 18.2 Å². The molecule has 5 heteroatoms. The zero-order valence-corrected chi connectivity index (χ0v) is 13.8. The van der Waals surface area contributed by atoms with Crippen LogP contribution in [0.15, 0.2) is 28.2 Å². The van der Waals surface area contributed by atoms with E-state index in [2.05, 4.69) is 43.7 Å². The number of aliphatic imine (C=N–C) groups is 2. The number of hydrogen-bond donors (Lipinski definition) is 0. The zero-order valence-electron chi connectivity index (χ0n) is 12.7. The van der Waals surface area contributed by atoms with Crippen LogP contribution in [-0.4, -0.2) is 36.1 Å². The number of nitrogens with zero attached hydrogens (tertiary/aromatic N) is 2. The summed E-state index contributed by atoms with van der Waals surface area (Å²) in [4.78, 5) is 9.14. The van der Waals surface area contributed by atoms with E-state index in [1.54, 1.807) is 0 Å². The molecule has 2 aliphatic heterocycles. The second-order valence-electron chi connectivity index (χ2n) is 6.51. The van der Waals surface area contributed by atoms with Gasteiger partial charge in [-0.3, -0.25) is 9.98 Å². The SMILES string of the molecule is CC1(C)COC(c2[c-]c(C3=NC(C)(C)CO3)ccc2)=N1.[Fe]. The molecule has 3 rings (SSSR count). The van der Waals surface area contributed by atoms with Crippen LogP contribution in [0.1, 0.15) is 38.8 Å². The van der Waals surface area contributed by atoms with Crippen molar-refractivity contribution in [1.82, 2.24) is 0 Å². The molecule has 0 bridgehead atoms. The van der Waals surface area contributed by atoms with E-state index in [0.29, 0.717) is 25.0 Å². The Balaban J connectivity index is 0.00000161. The monoisotopic (exact) mass is 327 g/mol. The van der Waals surface area contributed by atoms with Gasteiger partial charge in [-0.2, -0.15) is 0 Å². The number of hydrogen-bond acceptors (Lipinski definition) is 4. The topological polar surface area (TPSA) is 43.2 Å². The first-order chi connectivity index (χ1) is 9.35. The maximum absolute atomic E-state index is 5.65. The molecule has 0 saturated heterocycles. The summed E-state index contributed by atoms with van der Waals surface area (Å²) in [6.07, 6.45) is 0. The van der Waals surface area contributed by atoms with Crippen LogP contribution in [-0.2, 0) is 26.5 Å². The van der Waals surface area contributed by atoms with Crippen molar-refractivity contribution in [1.29, 1.82) is 0 Å². The smallest absolute Gasteiger partial charge is 0.148 e. The van der Waals surface area contributed by atoms with Gasteiger partial charge in [-0.1, -0.05) is 11.1 Å². The van der Waals surface area contributed by atoms with Crippen molar-refractivity contribution < 1.29 is 26.5 Å². The molecule has 0 radical (unpaired) electrons. The third kappa shape index (κ3) is 3.47. The minimum Gasteiger partial charge on any atom is -0.509 e. The van der Waals surface area contributed by atoms with E-state index in [-0.39, 0.29) is 28.1 Å². The molecule has 0 aromatic heterocycles. The van der Waals surface area contributed by atoms with Crippen molar-refractivity contribution in [3.05, 3.63) is 35.4 Å². The molecule has 0 unspecified atom stereocenters. The third-order valence-corrected chi connectivity index (χ3v) is 3.19. The molecule has 0 N–H and O–H groups in total. The Hall–Kier alpha value is -1.32. The predicted molar refractivity (Wildman–Crippen MR) is 78.4 cm³/mol. The van der Waals surface area contributed by atoms with Gasteiger partial charge in [0.15, 0.2) is 0 Å². The molecule has 0 fully saturated rings. The molecule has 0 spiro atoms. The third-order valence-electron chi connectivity index (χ3n) is 3.19. The van der Waals surface area contributed by atoms with Crippen molar-refractivity contribution in [2.45, 2.75) is 38.8 Å². The van der Waals surface area contributed by atoms with Gasteiger partial charge in [-0.05, 0) is 27.7 Å². The Morgan fingerprint density at radius 1 is 0.905 bits per heavy atom. The maximum atomic E-state index is 5.65. The van der Waals surface area contributed by atoms with Crippen LogP contribution < -0.4 is 0 Å². The van der Waals surface area contributed by atoms with E-state index in [1.165, 1.54) is 0 Å². The first-order valence-electron chi connectivity index (χ1n) is 6.83. The predicted octanol–water partition coefficient (Wildman–Crippen LogP) is 2.60. The Morgan fingerprint density at radius 2 is 1.33 bits per heavy atom. The van der Waals surface area contributed by atoms with E-state index in [4.69, 9.17) is 9.47 Å². The van der Waals surface area contributed by atoms with Gasteiger partial charge in [0, 0.05) is 17.1 Å². The van der Waals surface area contributed by atoms with Gasteiger partial charge in [0.05, 0.1) is 11.1 Å². The van der Waals surface area contributed by atoms with Gasteiger partial charge < -0.3 is 9.47 Å². The van der Waals surface area contributed by atoms with Gasteiger partial charge in [-0.25, -0.2) is 0 Å². The summed E-state index contributed by atoms with van der Waals surface area (Å²) < 4.78 is 11.3. The Morgan fingerprint density at radius 3 is 1.67 bits per heavy atom. The number of ether oxygens (including phenoxy) is 2. The molecule has 114 valence electrons. The molecule has 4 nitrogen and oxygen atoms in total. The van der Waals surface area contributed by atoms with Crippen molar-refractivity contribution in [3.63, 3.8) is 0 Å². The second kappa shape index (κ2) is 5.47. The van der Waals surface area contributed by atoms with Gasteiger partial charge in [0.1, 0.15) is 25.0 Å². The Kier molecular flexibility index (Phi) is 4.18. The first-order valence-corrected chi connectivity index (χ1v) is 6.83. The quantitative estimate of drug-likeness (QED) is 0.619. The molecular weight excluding hydrogens is 308 g/mol. The summed E-state index contributed by atoms with van der Waals surface area (Å²) in [5.74, 6) is 1.30. The average molecular weight is 327 g/mol. The number of benzene rings is 1. The molecule has 2 aliphatic rings. The van der Waals surface area contributed by atoms with E-state index < -0.39 is 0 Å². The van der Waals surface area contributed by atoms with Crippen LogP contribution in [0, 0.1) is 6.07 Å². The van der Waals surface area contributed by atoms with Crippen LogP contribution >= 0.6 is 0 Å². The van der Waals surface area contributed by atoms with Gasteiger partial charge >= 0.3 is 0 Å². The summed E-state index contributed by atoms with van der Waals surface area (Å²) >= 11 is 0. The first kappa shape index (κ1) is 16.1. The van der Waals surface area contributed by atoms with Gasteiger partial charge in [0.2, 0.25) is 0 Å². The molecular formula is C16H19FeN2O2-. The van der Waals surface area contributed by atoms with Crippen molar-refractivity contribution >= 4 is 11.8 Å². The van der Waals surface area contributed by atoms with Crippen molar-refractivity contribution in [2.24, 2.45) is 9.98 Å². The Labute approximate surface area is 136 Å². The molecule has 21 heavy (non-hydrogen) atoms. The molecule has 2 heterocycles. The average Bonchev–Trinajstić information content (AvgIpc) is 2.92. The largest absolute Gasteiger partial charge is 0.509 e. The van der Waals surface area contributed by atoms with Crippen LogP contribution in [0.25, 0.3) is 0 Å². The van der Waals surface area contributed by atoms with E-state index in [0.717, 1.165) is 11.1 Å². The fourth-order valence-electron chi connectivity index (χ4n) is 2.16. The summed E-state index contributed by atoms with van der Waals surface area (Å²) in [6.45, 7) is 9.41. The minimum atomic E-state index is -0.164. The fraction of sp³-hybridized carbons (Fsp3) is 0.500. The molecule has 0 aliphatic carbocycles. The number of rotatable bonds is 2.